The summed E-state index contributed by atoms with van der Waals surface area (Å²) in [5, 5.41) is 9.01. The predicted octanol–water partition coefficient (Wildman–Crippen LogP) is 0.362. The van der Waals surface area contributed by atoms with E-state index >= 15 is 0 Å². The fourth-order valence-corrected chi connectivity index (χ4v) is 1.51. The molecule has 0 spiro atoms. The van der Waals surface area contributed by atoms with Crippen molar-refractivity contribution in [2.75, 3.05) is 5.73 Å². The number of anilines is 1. The second-order valence-electron chi connectivity index (χ2n) is 2.62. The van der Waals surface area contributed by atoms with Crippen LogP contribution in [0.4, 0.5) is 5.69 Å². The molecule has 0 saturated heterocycles. The van der Waals surface area contributed by atoms with Gasteiger partial charge in [0.1, 0.15) is 11.5 Å². The SMILES string of the molecule is Nc1cc(CS(=O)(=O)O)ccc1O. The highest BCUT2D eigenvalue weighted by atomic mass is 32.2. The van der Waals surface area contributed by atoms with Crippen LogP contribution >= 0.6 is 0 Å². The summed E-state index contributed by atoms with van der Waals surface area (Å²) < 4.78 is 29.4. The van der Waals surface area contributed by atoms with E-state index in [-0.39, 0.29) is 11.4 Å². The van der Waals surface area contributed by atoms with Gasteiger partial charge in [0.15, 0.2) is 0 Å². The molecule has 0 amide bonds. The van der Waals surface area contributed by atoms with Crippen LogP contribution in [0.2, 0.25) is 0 Å². The number of nitrogens with two attached hydrogens (primary N) is 1. The Morgan fingerprint density at radius 2 is 2.00 bits per heavy atom. The number of phenolic OH excluding ortho intramolecular Hbond substituents is 1. The van der Waals surface area contributed by atoms with Gasteiger partial charge in [0, 0.05) is 0 Å². The van der Waals surface area contributed by atoms with E-state index in [0.717, 1.165) is 0 Å². The maximum absolute atomic E-state index is 10.4. The van der Waals surface area contributed by atoms with Crippen LogP contribution in [0.1, 0.15) is 5.56 Å². The highest BCUT2D eigenvalue weighted by Gasteiger charge is 2.07. The number of hydrogen-bond donors (Lipinski definition) is 3. The van der Waals surface area contributed by atoms with E-state index in [1.165, 1.54) is 18.2 Å². The maximum atomic E-state index is 10.4. The molecule has 1 aromatic rings. The monoisotopic (exact) mass is 203 g/mol. The van der Waals surface area contributed by atoms with E-state index in [4.69, 9.17) is 15.4 Å². The summed E-state index contributed by atoms with van der Waals surface area (Å²) in [5.74, 6) is -0.614. The maximum Gasteiger partial charge on any atom is 0.269 e. The summed E-state index contributed by atoms with van der Waals surface area (Å²) in [5.41, 5.74) is 5.73. The van der Waals surface area contributed by atoms with Gasteiger partial charge in [-0.15, -0.1) is 0 Å². The zero-order chi connectivity index (χ0) is 10.1. The third-order valence-corrected chi connectivity index (χ3v) is 2.14. The van der Waals surface area contributed by atoms with Gasteiger partial charge in [0.25, 0.3) is 10.1 Å². The lowest BCUT2D eigenvalue weighted by Crippen LogP contribution is -2.01. The van der Waals surface area contributed by atoms with Crippen LogP contribution in [0.3, 0.4) is 0 Å². The predicted molar refractivity (Wildman–Crippen MR) is 47.8 cm³/mol. The number of benzene rings is 1. The molecule has 13 heavy (non-hydrogen) atoms. The average Bonchev–Trinajstić information content (AvgIpc) is 1.94. The third kappa shape index (κ3) is 2.92. The average molecular weight is 203 g/mol. The largest absolute Gasteiger partial charge is 0.506 e. The van der Waals surface area contributed by atoms with Crippen molar-refractivity contribution in [1.29, 1.82) is 0 Å². The summed E-state index contributed by atoms with van der Waals surface area (Å²) >= 11 is 0. The Bertz CT molecular complexity index is 413. The van der Waals surface area contributed by atoms with Gasteiger partial charge in [-0.2, -0.15) is 8.42 Å². The molecule has 5 nitrogen and oxygen atoms in total. The van der Waals surface area contributed by atoms with Crippen molar-refractivity contribution < 1.29 is 18.1 Å². The third-order valence-electron chi connectivity index (χ3n) is 1.44. The van der Waals surface area contributed by atoms with E-state index in [0.29, 0.717) is 5.56 Å². The lowest BCUT2D eigenvalue weighted by molar-refractivity contribution is 0.476. The second kappa shape index (κ2) is 3.23. The van der Waals surface area contributed by atoms with Crippen LogP contribution in [0.25, 0.3) is 0 Å². The number of rotatable bonds is 2. The quantitative estimate of drug-likeness (QED) is 0.366. The Morgan fingerprint density at radius 3 is 2.46 bits per heavy atom. The lowest BCUT2D eigenvalue weighted by atomic mass is 10.2. The molecule has 4 N–H and O–H groups in total. The van der Waals surface area contributed by atoms with Crippen molar-refractivity contribution in [2.45, 2.75) is 5.75 Å². The lowest BCUT2D eigenvalue weighted by Gasteiger charge is -2.01. The first-order chi connectivity index (χ1) is 5.88. The molecule has 0 unspecified atom stereocenters. The molecule has 0 aliphatic rings. The molecule has 0 heterocycles. The Hall–Kier alpha value is -1.27. The summed E-state index contributed by atoms with van der Waals surface area (Å²) in [6, 6.07) is 3.94. The normalized spacial score (nSPS) is 11.5. The fourth-order valence-electron chi connectivity index (χ4n) is 0.904. The van der Waals surface area contributed by atoms with Gasteiger partial charge in [-0.1, -0.05) is 6.07 Å². The smallest absolute Gasteiger partial charge is 0.269 e. The van der Waals surface area contributed by atoms with Gasteiger partial charge in [-0.3, -0.25) is 4.55 Å². The first kappa shape index (κ1) is 9.82. The fraction of sp³-hybridized carbons (Fsp3) is 0.143. The topological polar surface area (TPSA) is 101 Å². The van der Waals surface area contributed by atoms with E-state index in [9.17, 15) is 8.42 Å². The minimum absolute atomic E-state index is 0.0844. The molecular weight excluding hydrogens is 194 g/mol. The van der Waals surface area contributed by atoms with Crippen LogP contribution in [0, 0.1) is 0 Å². The minimum atomic E-state index is -4.04. The molecule has 0 radical (unpaired) electrons. The van der Waals surface area contributed by atoms with Gasteiger partial charge >= 0.3 is 0 Å². The van der Waals surface area contributed by atoms with Crippen molar-refractivity contribution in [1.82, 2.24) is 0 Å². The first-order valence-electron chi connectivity index (χ1n) is 3.41. The first-order valence-corrected chi connectivity index (χ1v) is 5.02. The number of hydrogen-bond acceptors (Lipinski definition) is 4. The van der Waals surface area contributed by atoms with Crippen LogP contribution in [0.15, 0.2) is 18.2 Å². The molecule has 6 heteroatoms. The van der Waals surface area contributed by atoms with Crippen LogP contribution in [0.5, 0.6) is 5.75 Å². The molecule has 0 bridgehead atoms. The second-order valence-corrected chi connectivity index (χ2v) is 4.07. The molecule has 0 aliphatic carbocycles. The Balaban J connectivity index is 2.99. The molecule has 0 atom stereocenters. The highest BCUT2D eigenvalue weighted by molar-refractivity contribution is 7.85. The molecule has 1 aromatic carbocycles. The number of phenols is 1. The molecule has 0 saturated carbocycles. The summed E-state index contributed by atoms with van der Waals surface area (Å²) in [7, 11) is -4.04. The zero-order valence-electron chi connectivity index (χ0n) is 6.64. The van der Waals surface area contributed by atoms with Crippen molar-refractivity contribution in [2.24, 2.45) is 0 Å². The minimum Gasteiger partial charge on any atom is -0.506 e. The molecule has 0 aromatic heterocycles. The number of nitrogen functional groups attached to an aromatic ring is 1. The molecule has 0 fully saturated rings. The van der Waals surface area contributed by atoms with Gasteiger partial charge < -0.3 is 10.8 Å². The Morgan fingerprint density at radius 1 is 1.38 bits per heavy atom. The van der Waals surface area contributed by atoms with Gasteiger partial charge in [0.05, 0.1) is 5.69 Å². The Labute approximate surface area is 75.6 Å². The summed E-state index contributed by atoms with van der Waals surface area (Å²) in [6.45, 7) is 0. The van der Waals surface area contributed by atoms with Crippen molar-refractivity contribution in [3.63, 3.8) is 0 Å². The zero-order valence-corrected chi connectivity index (χ0v) is 7.45. The van der Waals surface area contributed by atoms with Crippen molar-refractivity contribution in [3.8, 4) is 5.75 Å². The van der Waals surface area contributed by atoms with Crippen molar-refractivity contribution in [3.05, 3.63) is 23.8 Å². The van der Waals surface area contributed by atoms with Gasteiger partial charge in [-0.25, -0.2) is 0 Å². The van der Waals surface area contributed by atoms with Gasteiger partial charge in [0.2, 0.25) is 0 Å². The van der Waals surface area contributed by atoms with Gasteiger partial charge in [-0.05, 0) is 17.7 Å². The molecule has 0 aliphatic heterocycles. The standard InChI is InChI=1S/C7H9NO4S/c8-6-3-5(1-2-7(6)9)4-13(10,11)12/h1-3,9H,4,8H2,(H,10,11,12). The van der Waals surface area contributed by atoms with E-state index < -0.39 is 15.9 Å². The summed E-state index contributed by atoms with van der Waals surface area (Å²) in [4.78, 5) is 0. The van der Waals surface area contributed by atoms with Crippen LogP contribution < -0.4 is 5.73 Å². The Kier molecular flexibility index (Phi) is 2.44. The van der Waals surface area contributed by atoms with E-state index in [2.05, 4.69) is 0 Å². The molecular formula is C7H9NO4S. The molecule has 1 rings (SSSR count). The summed E-state index contributed by atoms with van der Waals surface area (Å²) in [6.07, 6.45) is 0. The van der Waals surface area contributed by atoms with Crippen LogP contribution in [-0.4, -0.2) is 18.1 Å². The van der Waals surface area contributed by atoms with Crippen LogP contribution in [-0.2, 0) is 15.9 Å². The highest BCUT2D eigenvalue weighted by Crippen LogP contribution is 2.21. The van der Waals surface area contributed by atoms with E-state index in [1.54, 1.807) is 0 Å². The molecule has 72 valence electrons. The van der Waals surface area contributed by atoms with Crippen molar-refractivity contribution >= 4 is 15.8 Å². The van der Waals surface area contributed by atoms with E-state index in [1.807, 2.05) is 0 Å². The number of aromatic hydroxyl groups is 1.